The van der Waals surface area contributed by atoms with Crippen LogP contribution in [-0.2, 0) is 9.53 Å². The van der Waals surface area contributed by atoms with E-state index >= 15 is 0 Å². The van der Waals surface area contributed by atoms with Gasteiger partial charge in [0.25, 0.3) is 0 Å². The van der Waals surface area contributed by atoms with Crippen molar-refractivity contribution in [3.8, 4) is 11.3 Å². The van der Waals surface area contributed by atoms with Gasteiger partial charge in [-0.1, -0.05) is 11.3 Å². The van der Waals surface area contributed by atoms with Crippen molar-refractivity contribution in [2.45, 2.75) is 12.8 Å². The molecule has 8 heteroatoms. The summed E-state index contributed by atoms with van der Waals surface area (Å²) in [4.78, 5) is 27.6. The summed E-state index contributed by atoms with van der Waals surface area (Å²) >= 11 is 3.33. The first kappa shape index (κ1) is 18.0. The Labute approximate surface area is 171 Å². The highest BCUT2D eigenvalue weighted by atomic mass is 32.1. The van der Waals surface area contributed by atoms with Crippen LogP contribution in [0.15, 0.2) is 29.0 Å². The van der Waals surface area contributed by atoms with Crippen LogP contribution in [0.3, 0.4) is 0 Å². The van der Waals surface area contributed by atoms with E-state index in [-0.39, 0.29) is 5.92 Å². The lowest BCUT2D eigenvalue weighted by Crippen LogP contribution is -2.46. The van der Waals surface area contributed by atoms with Crippen molar-refractivity contribution in [1.29, 1.82) is 0 Å². The summed E-state index contributed by atoms with van der Waals surface area (Å²) in [5, 5.41) is 5.20. The Kier molecular flexibility index (Phi) is 5.00. The van der Waals surface area contributed by atoms with Gasteiger partial charge < -0.3 is 14.5 Å². The topological polar surface area (TPSA) is 58.6 Å². The van der Waals surface area contributed by atoms with E-state index in [1.165, 1.54) is 0 Å². The van der Waals surface area contributed by atoms with Gasteiger partial charge in [0.05, 0.1) is 18.9 Å². The predicted octanol–water partition coefficient (Wildman–Crippen LogP) is 3.50. The minimum atomic E-state index is 0.132. The first-order valence-corrected chi connectivity index (χ1v) is 11.5. The molecule has 3 aromatic rings. The number of hydrogen-bond donors (Lipinski definition) is 0. The molecule has 1 amide bonds. The number of thiophene rings is 1. The van der Waals surface area contributed by atoms with E-state index < -0.39 is 0 Å². The molecule has 0 radical (unpaired) electrons. The summed E-state index contributed by atoms with van der Waals surface area (Å²) in [5.74, 6) is 0.432. The summed E-state index contributed by atoms with van der Waals surface area (Å²) < 4.78 is 5.36. The zero-order valence-corrected chi connectivity index (χ0v) is 17.2. The Morgan fingerprint density at radius 3 is 2.64 bits per heavy atom. The molecular formula is C20H22N4O2S2. The number of thiazole rings is 1. The third-order valence-corrected chi connectivity index (χ3v) is 7.21. The molecule has 0 aromatic carbocycles. The number of morpholine rings is 1. The van der Waals surface area contributed by atoms with Crippen molar-refractivity contribution < 1.29 is 9.53 Å². The van der Waals surface area contributed by atoms with Gasteiger partial charge in [-0.25, -0.2) is 9.97 Å². The molecule has 0 atom stereocenters. The standard InChI is InChI=1S/C20H22N4O2S2/c25-19(23-8-10-26-11-9-23)14-3-6-24(7-4-14)20-22-17-2-1-16(21-18(17)28-20)15-5-12-27-13-15/h1-2,5,12-14H,3-4,6-11H2. The fraction of sp³-hybridized carbons (Fsp3) is 0.450. The van der Waals surface area contributed by atoms with Crippen molar-refractivity contribution in [3.05, 3.63) is 29.0 Å². The molecule has 2 aliphatic rings. The van der Waals surface area contributed by atoms with Gasteiger partial charge in [0, 0.05) is 43.0 Å². The third-order valence-electron chi connectivity index (χ3n) is 5.50. The Bertz CT molecular complexity index is 958. The molecule has 3 aromatic heterocycles. The van der Waals surface area contributed by atoms with E-state index in [0.717, 1.165) is 65.8 Å². The van der Waals surface area contributed by atoms with E-state index in [9.17, 15) is 4.79 Å². The fourth-order valence-electron chi connectivity index (χ4n) is 3.87. The summed E-state index contributed by atoms with van der Waals surface area (Å²) in [6.07, 6.45) is 1.78. The van der Waals surface area contributed by atoms with Gasteiger partial charge in [0.15, 0.2) is 5.13 Å². The molecule has 2 aliphatic heterocycles. The molecule has 0 unspecified atom stereocenters. The van der Waals surface area contributed by atoms with E-state index in [1.807, 2.05) is 11.0 Å². The van der Waals surface area contributed by atoms with Crippen LogP contribution in [0, 0.1) is 5.92 Å². The molecule has 0 saturated carbocycles. The van der Waals surface area contributed by atoms with E-state index in [0.29, 0.717) is 19.1 Å². The van der Waals surface area contributed by atoms with Crippen molar-refractivity contribution in [3.63, 3.8) is 0 Å². The van der Waals surface area contributed by atoms with Crippen LogP contribution >= 0.6 is 22.7 Å². The van der Waals surface area contributed by atoms with Crippen molar-refractivity contribution in [2.24, 2.45) is 5.92 Å². The van der Waals surface area contributed by atoms with Crippen LogP contribution in [-0.4, -0.2) is 60.2 Å². The maximum atomic E-state index is 12.7. The molecule has 2 saturated heterocycles. The average molecular weight is 415 g/mol. The van der Waals surface area contributed by atoms with Crippen LogP contribution in [0.25, 0.3) is 21.6 Å². The number of aromatic nitrogens is 2. The maximum absolute atomic E-state index is 12.7. The molecule has 5 rings (SSSR count). The fourth-order valence-corrected chi connectivity index (χ4v) is 5.51. The molecular weight excluding hydrogens is 392 g/mol. The average Bonchev–Trinajstić information content (AvgIpc) is 3.43. The number of nitrogens with zero attached hydrogens (tertiary/aromatic N) is 4. The second kappa shape index (κ2) is 7.77. The second-order valence-corrected chi connectivity index (χ2v) is 8.96. The number of carbonyl (C=O) groups excluding carboxylic acids is 1. The lowest BCUT2D eigenvalue weighted by atomic mass is 9.95. The summed E-state index contributed by atoms with van der Waals surface area (Å²) in [5.41, 5.74) is 3.11. The Morgan fingerprint density at radius 1 is 1.07 bits per heavy atom. The Hall–Kier alpha value is -2.03. The zero-order valence-electron chi connectivity index (χ0n) is 15.5. The van der Waals surface area contributed by atoms with Crippen LogP contribution in [0.2, 0.25) is 0 Å². The number of piperidine rings is 1. The van der Waals surface area contributed by atoms with Gasteiger partial charge in [0.2, 0.25) is 5.91 Å². The van der Waals surface area contributed by atoms with E-state index in [4.69, 9.17) is 14.7 Å². The number of carbonyl (C=O) groups is 1. The van der Waals surface area contributed by atoms with Gasteiger partial charge in [-0.2, -0.15) is 11.3 Å². The quantitative estimate of drug-likeness (QED) is 0.657. The summed E-state index contributed by atoms with van der Waals surface area (Å²) in [6, 6.07) is 6.20. The summed E-state index contributed by atoms with van der Waals surface area (Å²) in [6.45, 7) is 4.54. The minimum absolute atomic E-state index is 0.132. The minimum Gasteiger partial charge on any atom is -0.378 e. The van der Waals surface area contributed by atoms with Crippen molar-refractivity contribution in [2.75, 3.05) is 44.3 Å². The maximum Gasteiger partial charge on any atom is 0.225 e. The largest absolute Gasteiger partial charge is 0.378 e. The van der Waals surface area contributed by atoms with Gasteiger partial charge in [0.1, 0.15) is 10.3 Å². The monoisotopic (exact) mass is 414 g/mol. The Morgan fingerprint density at radius 2 is 1.89 bits per heavy atom. The molecule has 28 heavy (non-hydrogen) atoms. The number of fused-ring (bicyclic) bond motifs is 1. The van der Waals surface area contributed by atoms with Crippen LogP contribution < -0.4 is 4.90 Å². The van der Waals surface area contributed by atoms with Gasteiger partial charge >= 0.3 is 0 Å². The highest BCUT2D eigenvalue weighted by molar-refractivity contribution is 7.21. The number of hydrogen-bond acceptors (Lipinski definition) is 7. The van der Waals surface area contributed by atoms with Crippen LogP contribution in [0.4, 0.5) is 5.13 Å². The number of rotatable bonds is 3. The molecule has 0 aliphatic carbocycles. The van der Waals surface area contributed by atoms with E-state index in [1.54, 1.807) is 22.7 Å². The van der Waals surface area contributed by atoms with Crippen LogP contribution in [0.1, 0.15) is 12.8 Å². The molecule has 5 heterocycles. The molecule has 2 fully saturated rings. The van der Waals surface area contributed by atoms with Gasteiger partial charge in [-0.05, 0) is 36.4 Å². The van der Waals surface area contributed by atoms with Crippen LogP contribution in [0.5, 0.6) is 0 Å². The zero-order chi connectivity index (χ0) is 18.9. The van der Waals surface area contributed by atoms with Crippen molar-refractivity contribution >= 4 is 44.1 Å². The van der Waals surface area contributed by atoms with Gasteiger partial charge in [-0.15, -0.1) is 0 Å². The normalized spacial score (nSPS) is 18.7. The Balaban J connectivity index is 1.27. The molecule has 0 spiro atoms. The number of pyridine rings is 1. The molecule has 146 valence electrons. The number of amides is 1. The first-order valence-electron chi connectivity index (χ1n) is 9.69. The SMILES string of the molecule is O=C(C1CCN(c2nc3ccc(-c4ccsc4)nc3s2)CC1)N1CCOCC1. The lowest BCUT2D eigenvalue weighted by Gasteiger charge is -2.35. The van der Waals surface area contributed by atoms with E-state index in [2.05, 4.69) is 27.8 Å². The lowest BCUT2D eigenvalue weighted by molar-refractivity contribution is -0.140. The number of anilines is 1. The number of ether oxygens (including phenoxy) is 1. The molecule has 6 nitrogen and oxygen atoms in total. The summed E-state index contributed by atoms with van der Waals surface area (Å²) in [7, 11) is 0. The smallest absolute Gasteiger partial charge is 0.225 e. The molecule has 0 bridgehead atoms. The highest BCUT2D eigenvalue weighted by Gasteiger charge is 2.30. The first-order chi connectivity index (χ1) is 13.8. The second-order valence-electron chi connectivity index (χ2n) is 7.23. The van der Waals surface area contributed by atoms with Gasteiger partial charge in [-0.3, -0.25) is 4.79 Å². The third kappa shape index (κ3) is 3.52. The van der Waals surface area contributed by atoms with Crippen molar-refractivity contribution in [1.82, 2.24) is 14.9 Å². The molecule has 0 N–H and O–H groups in total. The highest BCUT2D eigenvalue weighted by Crippen LogP contribution is 2.32. The predicted molar refractivity (Wildman–Crippen MR) is 113 cm³/mol.